The fourth-order valence-corrected chi connectivity index (χ4v) is 2.02. The van der Waals surface area contributed by atoms with Gasteiger partial charge in [0, 0.05) is 17.1 Å². The molecule has 0 N–H and O–H groups in total. The standard InChI is InChI=1S/C13H18N4O/c1-8(2)5-11-7-12(18)17(16-11)13-14-9(3)6-10(4)15-13/h6,8H,5,7H2,1-4H3. The fraction of sp³-hybridized carbons (Fsp3) is 0.538. The van der Waals surface area contributed by atoms with Crippen molar-refractivity contribution >= 4 is 17.6 Å². The molecule has 18 heavy (non-hydrogen) atoms. The van der Waals surface area contributed by atoms with Crippen LogP contribution in [0.25, 0.3) is 0 Å². The lowest BCUT2D eigenvalue weighted by molar-refractivity contribution is -0.117. The SMILES string of the molecule is Cc1cc(C)nc(N2N=C(CC(C)C)CC2=O)n1. The molecular formula is C13H18N4O. The van der Waals surface area contributed by atoms with Crippen LogP contribution in [-0.4, -0.2) is 21.6 Å². The van der Waals surface area contributed by atoms with Crippen LogP contribution in [-0.2, 0) is 4.79 Å². The van der Waals surface area contributed by atoms with Gasteiger partial charge in [-0.3, -0.25) is 4.79 Å². The molecule has 5 heteroatoms. The van der Waals surface area contributed by atoms with E-state index in [1.54, 1.807) is 0 Å². The number of carbonyl (C=O) groups is 1. The van der Waals surface area contributed by atoms with Gasteiger partial charge >= 0.3 is 0 Å². The summed E-state index contributed by atoms with van der Waals surface area (Å²) in [5, 5.41) is 5.67. The van der Waals surface area contributed by atoms with Crippen molar-refractivity contribution < 1.29 is 4.79 Å². The molecule has 0 fully saturated rings. The predicted molar refractivity (Wildman–Crippen MR) is 70.5 cm³/mol. The molecular weight excluding hydrogens is 228 g/mol. The number of anilines is 1. The molecule has 5 nitrogen and oxygen atoms in total. The first-order valence-electron chi connectivity index (χ1n) is 6.17. The molecule has 0 aliphatic carbocycles. The molecule has 96 valence electrons. The molecule has 0 saturated heterocycles. The number of aromatic nitrogens is 2. The second kappa shape index (κ2) is 4.84. The highest BCUT2D eigenvalue weighted by atomic mass is 16.2. The molecule has 2 rings (SSSR count). The summed E-state index contributed by atoms with van der Waals surface area (Å²) in [6.07, 6.45) is 1.22. The van der Waals surface area contributed by atoms with Crippen LogP contribution < -0.4 is 5.01 Å². The van der Waals surface area contributed by atoms with Crippen LogP contribution in [0.1, 0.15) is 38.1 Å². The molecule has 0 unspecified atom stereocenters. The maximum atomic E-state index is 11.9. The summed E-state index contributed by atoms with van der Waals surface area (Å²) in [4.78, 5) is 20.5. The molecule has 1 aliphatic heterocycles. The highest BCUT2D eigenvalue weighted by molar-refractivity contribution is 6.12. The van der Waals surface area contributed by atoms with Crippen LogP contribution in [0.15, 0.2) is 11.2 Å². The summed E-state index contributed by atoms with van der Waals surface area (Å²) in [5.74, 6) is 0.837. The smallest absolute Gasteiger partial charge is 0.255 e. The van der Waals surface area contributed by atoms with Crippen LogP contribution in [0.5, 0.6) is 0 Å². The Labute approximate surface area is 107 Å². The molecule has 0 spiro atoms. The van der Waals surface area contributed by atoms with Gasteiger partial charge in [0.25, 0.3) is 11.9 Å². The maximum absolute atomic E-state index is 11.9. The molecule has 1 aromatic heterocycles. The highest BCUT2D eigenvalue weighted by Gasteiger charge is 2.27. The van der Waals surface area contributed by atoms with Gasteiger partial charge in [-0.15, -0.1) is 0 Å². The first-order valence-corrected chi connectivity index (χ1v) is 6.17. The number of carbonyl (C=O) groups excluding carboxylic acids is 1. The van der Waals surface area contributed by atoms with E-state index in [0.717, 1.165) is 23.5 Å². The fourth-order valence-electron chi connectivity index (χ4n) is 2.02. The van der Waals surface area contributed by atoms with Crippen LogP contribution in [0.3, 0.4) is 0 Å². The van der Waals surface area contributed by atoms with E-state index >= 15 is 0 Å². The van der Waals surface area contributed by atoms with E-state index in [1.165, 1.54) is 5.01 Å². The van der Waals surface area contributed by atoms with Gasteiger partial charge in [-0.25, -0.2) is 9.97 Å². The summed E-state index contributed by atoms with van der Waals surface area (Å²) in [6, 6.07) is 1.88. The highest BCUT2D eigenvalue weighted by Crippen LogP contribution is 2.19. The number of hydrazone groups is 1. The Morgan fingerprint density at radius 3 is 2.44 bits per heavy atom. The van der Waals surface area contributed by atoms with E-state index in [0.29, 0.717) is 18.3 Å². The third-order valence-corrected chi connectivity index (χ3v) is 2.64. The van der Waals surface area contributed by atoms with Crippen LogP contribution >= 0.6 is 0 Å². The monoisotopic (exact) mass is 246 g/mol. The van der Waals surface area contributed by atoms with Gasteiger partial charge < -0.3 is 0 Å². The number of hydrogen-bond donors (Lipinski definition) is 0. The van der Waals surface area contributed by atoms with Crippen molar-refractivity contribution in [3.63, 3.8) is 0 Å². The molecule has 0 radical (unpaired) electrons. The summed E-state index contributed by atoms with van der Waals surface area (Å²) < 4.78 is 0. The largest absolute Gasteiger partial charge is 0.272 e. The number of aryl methyl sites for hydroxylation is 2. The van der Waals surface area contributed by atoms with E-state index in [9.17, 15) is 4.79 Å². The van der Waals surface area contributed by atoms with Crippen molar-refractivity contribution in [3.05, 3.63) is 17.5 Å². The molecule has 2 heterocycles. The van der Waals surface area contributed by atoms with E-state index in [4.69, 9.17) is 0 Å². The van der Waals surface area contributed by atoms with Gasteiger partial charge in [0.15, 0.2) is 0 Å². The molecule has 1 amide bonds. The third kappa shape index (κ3) is 2.72. The van der Waals surface area contributed by atoms with Gasteiger partial charge in [0.2, 0.25) is 0 Å². The zero-order valence-electron chi connectivity index (χ0n) is 11.3. The average molecular weight is 246 g/mol. The molecule has 0 atom stereocenters. The van der Waals surface area contributed by atoms with E-state index < -0.39 is 0 Å². The Hall–Kier alpha value is -1.78. The van der Waals surface area contributed by atoms with Gasteiger partial charge in [0.05, 0.1) is 6.42 Å². The van der Waals surface area contributed by atoms with E-state index in [2.05, 4.69) is 28.9 Å². The quantitative estimate of drug-likeness (QED) is 0.821. The number of rotatable bonds is 3. The Morgan fingerprint density at radius 1 is 1.28 bits per heavy atom. The summed E-state index contributed by atoms with van der Waals surface area (Å²) in [7, 11) is 0. The van der Waals surface area contributed by atoms with Crippen molar-refractivity contribution in [2.75, 3.05) is 5.01 Å². The maximum Gasteiger partial charge on any atom is 0.255 e. The minimum Gasteiger partial charge on any atom is -0.272 e. The second-order valence-corrected chi connectivity index (χ2v) is 5.10. The summed E-state index contributed by atoms with van der Waals surface area (Å²) in [6.45, 7) is 8.00. The number of amides is 1. The lowest BCUT2D eigenvalue weighted by Gasteiger charge is -2.10. The van der Waals surface area contributed by atoms with Crippen molar-refractivity contribution in [1.29, 1.82) is 0 Å². The first-order chi connectivity index (χ1) is 8.45. The van der Waals surface area contributed by atoms with Crippen molar-refractivity contribution in [2.24, 2.45) is 11.0 Å². The molecule has 0 aromatic carbocycles. The molecule has 1 aliphatic rings. The topological polar surface area (TPSA) is 58.5 Å². The lowest BCUT2D eigenvalue weighted by atomic mass is 10.1. The van der Waals surface area contributed by atoms with E-state index in [-0.39, 0.29) is 5.91 Å². The second-order valence-electron chi connectivity index (χ2n) is 5.10. The van der Waals surface area contributed by atoms with Gasteiger partial charge in [0.1, 0.15) is 0 Å². The van der Waals surface area contributed by atoms with Crippen molar-refractivity contribution in [3.8, 4) is 0 Å². The van der Waals surface area contributed by atoms with Crippen LogP contribution in [0.2, 0.25) is 0 Å². The minimum atomic E-state index is -0.0457. The van der Waals surface area contributed by atoms with Gasteiger partial charge in [-0.05, 0) is 32.3 Å². The van der Waals surface area contributed by atoms with Gasteiger partial charge in [-0.2, -0.15) is 10.1 Å². The number of nitrogens with zero attached hydrogens (tertiary/aromatic N) is 4. The zero-order chi connectivity index (χ0) is 13.3. The third-order valence-electron chi connectivity index (χ3n) is 2.64. The Kier molecular flexibility index (Phi) is 3.41. The normalized spacial score (nSPS) is 15.5. The zero-order valence-corrected chi connectivity index (χ0v) is 11.3. The average Bonchev–Trinajstić information content (AvgIpc) is 2.56. The van der Waals surface area contributed by atoms with Crippen LogP contribution in [0.4, 0.5) is 5.95 Å². The predicted octanol–water partition coefficient (Wildman–Crippen LogP) is 2.23. The van der Waals surface area contributed by atoms with Crippen molar-refractivity contribution in [1.82, 2.24) is 9.97 Å². The Morgan fingerprint density at radius 2 is 1.89 bits per heavy atom. The molecule has 0 bridgehead atoms. The van der Waals surface area contributed by atoms with E-state index in [1.807, 2.05) is 19.9 Å². The molecule has 1 aromatic rings. The van der Waals surface area contributed by atoms with Crippen molar-refractivity contribution in [2.45, 2.75) is 40.5 Å². The van der Waals surface area contributed by atoms with Gasteiger partial charge in [-0.1, -0.05) is 13.8 Å². The minimum absolute atomic E-state index is 0.0457. The Balaban J connectivity index is 2.27. The first kappa shape index (κ1) is 12.7. The summed E-state index contributed by atoms with van der Waals surface area (Å²) >= 11 is 0. The number of hydrogen-bond acceptors (Lipinski definition) is 4. The summed E-state index contributed by atoms with van der Waals surface area (Å²) in [5.41, 5.74) is 2.60. The Bertz CT molecular complexity index is 487. The molecule has 0 saturated carbocycles. The lowest BCUT2D eigenvalue weighted by Crippen LogP contribution is -2.22. The van der Waals surface area contributed by atoms with Crippen LogP contribution in [0, 0.1) is 19.8 Å².